The second-order valence-corrected chi connectivity index (χ2v) is 20.6. The van der Waals surface area contributed by atoms with Crippen molar-refractivity contribution in [2.45, 2.75) is 59.3 Å². The van der Waals surface area contributed by atoms with Crippen molar-refractivity contribution in [3.05, 3.63) is 204 Å². The number of halogens is 2. The fourth-order valence-corrected chi connectivity index (χ4v) is 10.7. The van der Waals surface area contributed by atoms with Crippen LogP contribution in [0.25, 0.3) is 50.0 Å². The molecule has 2 aliphatic heterocycles. The zero-order valence-electron chi connectivity index (χ0n) is 39.3. The van der Waals surface area contributed by atoms with Crippen molar-refractivity contribution in [2.24, 2.45) is 0 Å². The third-order valence-electron chi connectivity index (χ3n) is 14.1. The zero-order valence-corrected chi connectivity index (χ0v) is 39.3. The highest BCUT2D eigenvalue weighted by molar-refractivity contribution is 7.01. The van der Waals surface area contributed by atoms with Crippen molar-refractivity contribution in [3.63, 3.8) is 0 Å². The molecular weight excluding hydrogens is 839 g/mol. The lowest BCUT2D eigenvalue weighted by Crippen LogP contribution is -2.61. The topological polar surface area (TPSA) is 24.6 Å². The first-order valence-corrected chi connectivity index (χ1v) is 23.5. The molecule has 12 rings (SSSR count). The molecule has 7 heteroatoms. The second kappa shape index (κ2) is 15.2. The van der Waals surface area contributed by atoms with Crippen LogP contribution in [-0.4, -0.2) is 11.3 Å². The number of furan rings is 1. The van der Waals surface area contributed by atoms with Crippen molar-refractivity contribution < 1.29 is 13.2 Å². The van der Waals surface area contributed by atoms with Crippen LogP contribution in [0, 0.1) is 18.6 Å². The molecule has 0 spiro atoms. The summed E-state index contributed by atoms with van der Waals surface area (Å²) in [7, 11) is 0. The summed E-state index contributed by atoms with van der Waals surface area (Å²) in [6.07, 6.45) is 0. The lowest BCUT2D eigenvalue weighted by molar-refractivity contribution is 0.589. The number of rotatable bonds is 5. The van der Waals surface area contributed by atoms with Gasteiger partial charge in [-0.3, -0.25) is 9.47 Å². The SMILES string of the molecule is Cc1cc2c3c(c1)N(c1ccc(C(C)(C)C)cc1)c1c(c4ccc(-c5c(F)cccc5F)cc4n1-c1ccccc1)B3c1cc3cc(-c4ccccc4)oc3cc1N2c1ccc(C(C)(C)C)cc1. The minimum absolute atomic E-state index is 0.0234. The van der Waals surface area contributed by atoms with Gasteiger partial charge in [-0.15, -0.1) is 0 Å². The Balaban J connectivity index is 1.22. The molecule has 68 heavy (non-hydrogen) atoms. The monoisotopic (exact) mass is 889 g/mol. The molecule has 0 fully saturated rings. The van der Waals surface area contributed by atoms with Crippen LogP contribution in [0.5, 0.6) is 0 Å². The van der Waals surface area contributed by atoms with E-state index in [0.717, 1.165) is 89.6 Å². The molecule has 0 N–H and O–H groups in total. The van der Waals surface area contributed by atoms with Crippen LogP contribution in [0.3, 0.4) is 0 Å². The summed E-state index contributed by atoms with van der Waals surface area (Å²) in [5, 5.41) is 2.00. The van der Waals surface area contributed by atoms with E-state index in [-0.39, 0.29) is 23.1 Å². The lowest BCUT2D eigenvalue weighted by atomic mass is 9.33. The molecule has 0 amide bonds. The molecule has 8 aromatic carbocycles. The van der Waals surface area contributed by atoms with E-state index in [9.17, 15) is 0 Å². The van der Waals surface area contributed by atoms with Gasteiger partial charge < -0.3 is 9.32 Å². The van der Waals surface area contributed by atoms with Gasteiger partial charge >= 0.3 is 0 Å². The molecule has 2 aliphatic rings. The fraction of sp³-hybridized carbons (Fsp3) is 0.148. The molecule has 4 nitrogen and oxygen atoms in total. The third kappa shape index (κ3) is 6.54. The largest absolute Gasteiger partial charge is 0.456 e. The molecule has 0 bridgehead atoms. The molecule has 0 saturated carbocycles. The van der Waals surface area contributed by atoms with Gasteiger partial charge in [-0.2, -0.15) is 0 Å². The summed E-state index contributed by atoms with van der Waals surface area (Å²) < 4.78 is 40.6. The first kappa shape index (κ1) is 41.8. The highest BCUT2D eigenvalue weighted by Gasteiger charge is 2.47. The zero-order chi connectivity index (χ0) is 46.8. The van der Waals surface area contributed by atoms with E-state index in [4.69, 9.17) is 4.42 Å². The van der Waals surface area contributed by atoms with Gasteiger partial charge in [0.2, 0.25) is 0 Å². The molecule has 0 atom stereocenters. The Labute approximate surface area is 396 Å². The van der Waals surface area contributed by atoms with Crippen molar-refractivity contribution in [1.82, 2.24) is 4.57 Å². The van der Waals surface area contributed by atoms with Crippen LogP contribution in [-0.2, 0) is 10.8 Å². The van der Waals surface area contributed by atoms with Crippen LogP contribution in [0.1, 0.15) is 58.2 Å². The number of anilines is 6. The van der Waals surface area contributed by atoms with E-state index in [1.165, 1.54) is 34.8 Å². The third-order valence-corrected chi connectivity index (χ3v) is 14.1. The maximum absolute atomic E-state index is 15.8. The Bertz CT molecular complexity index is 3600. The summed E-state index contributed by atoms with van der Waals surface area (Å²) in [5.41, 5.74) is 16.2. The van der Waals surface area contributed by atoms with E-state index in [0.29, 0.717) is 5.56 Å². The summed E-state index contributed by atoms with van der Waals surface area (Å²) in [6.45, 7) is 15.4. The Morgan fingerprint density at radius 3 is 1.71 bits per heavy atom. The van der Waals surface area contributed by atoms with Gasteiger partial charge in [-0.25, -0.2) is 8.78 Å². The van der Waals surface area contributed by atoms with Gasteiger partial charge in [0.15, 0.2) is 0 Å². The van der Waals surface area contributed by atoms with Gasteiger partial charge in [0.1, 0.15) is 28.8 Å². The number of aryl methyl sites for hydroxylation is 1. The number of fused-ring (bicyclic) bond motifs is 7. The van der Waals surface area contributed by atoms with E-state index in [2.05, 4.69) is 172 Å². The van der Waals surface area contributed by atoms with Crippen LogP contribution in [0.4, 0.5) is 43.0 Å². The van der Waals surface area contributed by atoms with Gasteiger partial charge in [0, 0.05) is 51.1 Å². The first-order valence-electron chi connectivity index (χ1n) is 23.5. The van der Waals surface area contributed by atoms with E-state index in [1.807, 2.05) is 48.5 Å². The Kier molecular flexibility index (Phi) is 9.33. The molecule has 0 unspecified atom stereocenters. The predicted octanol–water partition coefficient (Wildman–Crippen LogP) is 15.0. The summed E-state index contributed by atoms with van der Waals surface area (Å²) >= 11 is 0. The Hall–Kier alpha value is -7.64. The Morgan fingerprint density at radius 1 is 0.500 bits per heavy atom. The summed E-state index contributed by atoms with van der Waals surface area (Å²) in [6, 6.07) is 60.0. The number of hydrogen-bond donors (Lipinski definition) is 0. The first-order chi connectivity index (χ1) is 32.7. The summed E-state index contributed by atoms with van der Waals surface area (Å²) in [5.74, 6) is 0.577. The quantitative estimate of drug-likeness (QED) is 0.161. The van der Waals surface area contributed by atoms with Crippen LogP contribution in [0.2, 0.25) is 0 Å². The predicted molar refractivity (Wildman–Crippen MR) is 280 cm³/mol. The van der Waals surface area contributed by atoms with Gasteiger partial charge in [0.05, 0.1) is 11.1 Å². The van der Waals surface area contributed by atoms with Gasteiger partial charge in [0.25, 0.3) is 6.71 Å². The van der Waals surface area contributed by atoms with Crippen molar-refractivity contribution in [3.8, 4) is 28.1 Å². The van der Waals surface area contributed by atoms with Crippen LogP contribution < -0.4 is 26.2 Å². The Morgan fingerprint density at radius 2 is 1.09 bits per heavy atom. The highest BCUT2D eigenvalue weighted by Crippen LogP contribution is 2.49. The highest BCUT2D eigenvalue weighted by atomic mass is 19.1. The average Bonchev–Trinajstić information content (AvgIpc) is 3.90. The number of para-hydroxylation sites is 1. The van der Waals surface area contributed by atoms with Crippen LogP contribution in [0.15, 0.2) is 180 Å². The number of benzene rings is 8. The van der Waals surface area contributed by atoms with Gasteiger partial charge in [-0.05, 0) is 135 Å². The molecular formula is C61H50BF2N3O. The second-order valence-electron chi connectivity index (χ2n) is 20.6. The van der Waals surface area contributed by atoms with Gasteiger partial charge in [-0.1, -0.05) is 139 Å². The van der Waals surface area contributed by atoms with E-state index < -0.39 is 11.6 Å². The molecule has 4 heterocycles. The smallest absolute Gasteiger partial charge is 0.255 e. The molecule has 0 aliphatic carbocycles. The van der Waals surface area contributed by atoms with Crippen molar-refractivity contribution in [1.29, 1.82) is 0 Å². The van der Waals surface area contributed by atoms with E-state index >= 15 is 8.78 Å². The fourth-order valence-electron chi connectivity index (χ4n) is 10.7. The molecule has 2 aromatic heterocycles. The number of aromatic nitrogens is 1. The molecule has 0 radical (unpaired) electrons. The molecule has 0 saturated heterocycles. The van der Waals surface area contributed by atoms with Crippen molar-refractivity contribution >= 4 is 79.2 Å². The summed E-state index contributed by atoms with van der Waals surface area (Å²) in [4.78, 5) is 4.85. The van der Waals surface area contributed by atoms with Crippen LogP contribution >= 0.6 is 0 Å². The maximum atomic E-state index is 15.8. The normalized spacial score (nSPS) is 13.3. The maximum Gasteiger partial charge on any atom is 0.255 e. The van der Waals surface area contributed by atoms with Crippen molar-refractivity contribution in [2.75, 3.05) is 9.80 Å². The molecule has 10 aromatic rings. The number of nitrogens with zero attached hydrogens (tertiary/aromatic N) is 3. The standard InChI is InChI=1S/C61H50BF2N3O/c1-37-31-52-58-53(32-37)67(45-28-24-42(25-29-45)61(5,6)7)59-57(46-30-21-39(56-48(63)19-14-20-49(56)64)34-50(46)66(59)43-17-12-9-13-18-43)62(58)47-33-40-35-54(38-15-10-8-11-16-38)68-55(40)36-51(47)65(52)44-26-22-41(23-27-44)60(2,3)4/h8-36H,1-7H3. The average molecular weight is 890 g/mol. The number of hydrogen-bond acceptors (Lipinski definition) is 3. The lowest BCUT2D eigenvalue weighted by Gasteiger charge is -2.44. The minimum Gasteiger partial charge on any atom is -0.456 e. The van der Waals surface area contributed by atoms with E-state index in [1.54, 1.807) is 0 Å². The molecule has 332 valence electrons. The minimum atomic E-state index is -0.601.